The lowest BCUT2D eigenvalue weighted by Gasteiger charge is -2.33. The topological polar surface area (TPSA) is 78.7 Å². The highest BCUT2D eigenvalue weighted by Gasteiger charge is 2.32. The first-order valence-electron chi connectivity index (χ1n) is 9.12. The molecule has 27 heavy (non-hydrogen) atoms. The van der Waals surface area contributed by atoms with E-state index in [1.165, 1.54) is 16.6 Å². The van der Waals surface area contributed by atoms with E-state index >= 15 is 0 Å². The number of hydrogen-bond acceptors (Lipinski definition) is 6. The number of thioether (sulfide) groups is 1. The van der Waals surface area contributed by atoms with Crippen molar-refractivity contribution in [3.8, 4) is 6.07 Å². The van der Waals surface area contributed by atoms with Crippen LogP contribution in [0.3, 0.4) is 0 Å². The van der Waals surface area contributed by atoms with Gasteiger partial charge in [-0.3, -0.25) is 4.79 Å². The standard InChI is InChI=1S/C20H24N4OS2/c1-20(2,3)13-5-6-14-15(12-21)18(27-16(14)11-13)24-17(25)7-10-26-19-22-8-4-9-23-19/h4,8-9,13H,5-7,10-11H2,1-3H3,(H,24,25). The summed E-state index contributed by atoms with van der Waals surface area (Å²) in [6, 6.07) is 4.08. The van der Waals surface area contributed by atoms with Crippen molar-refractivity contribution in [3.05, 3.63) is 34.5 Å². The van der Waals surface area contributed by atoms with E-state index in [9.17, 15) is 10.1 Å². The van der Waals surface area contributed by atoms with E-state index in [4.69, 9.17) is 0 Å². The summed E-state index contributed by atoms with van der Waals surface area (Å²) >= 11 is 3.03. The first-order valence-corrected chi connectivity index (χ1v) is 10.9. The second-order valence-corrected chi connectivity index (χ2v) is 9.97. The molecule has 3 rings (SSSR count). The number of amides is 1. The number of fused-ring (bicyclic) bond motifs is 1. The fourth-order valence-electron chi connectivity index (χ4n) is 3.32. The molecule has 1 N–H and O–H groups in total. The SMILES string of the molecule is CC(C)(C)C1CCc2c(sc(NC(=O)CCSc3ncccn3)c2C#N)C1. The predicted octanol–water partition coefficient (Wildman–Crippen LogP) is 4.68. The lowest BCUT2D eigenvalue weighted by Crippen LogP contribution is -2.26. The van der Waals surface area contributed by atoms with Gasteiger partial charge in [0.25, 0.3) is 0 Å². The van der Waals surface area contributed by atoms with Gasteiger partial charge in [0.05, 0.1) is 5.56 Å². The Morgan fingerprint density at radius 1 is 1.41 bits per heavy atom. The van der Waals surface area contributed by atoms with Gasteiger partial charge in [0.2, 0.25) is 5.91 Å². The zero-order chi connectivity index (χ0) is 19.4. The fraction of sp³-hybridized carbons (Fsp3) is 0.500. The van der Waals surface area contributed by atoms with Gasteiger partial charge in [-0.05, 0) is 42.2 Å². The van der Waals surface area contributed by atoms with Crippen LogP contribution in [0.25, 0.3) is 0 Å². The molecule has 7 heteroatoms. The molecule has 2 aromatic heterocycles. The number of nitriles is 1. The van der Waals surface area contributed by atoms with Crippen LogP contribution in [0.15, 0.2) is 23.6 Å². The van der Waals surface area contributed by atoms with Crippen LogP contribution in [0, 0.1) is 22.7 Å². The van der Waals surface area contributed by atoms with Crippen LogP contribution >= 0.6 is 23.1 Å². The number of rotatable bonds is 5. The molecule has 1 aliphatic carbocycles. The highest BCUT2D eigenvalue weighted by atomic mass is 32.2. The summed E-state index contributed by atoms with van der Waals surface area (Å²) < 4.78 is 0. The van der Waals surface area contributed by atoms with Gasteiger partial charge in [0.15, 0.2) is 5.16 Å². The quantitative estimate of drug-likeness (QED) is 0.582. The average Bonchev–Trinajstić information content (AvgIpc) is 2.97. The third-order valence-electron chi connectivity index (χ3n) is 4.96. The molecule has 0 spiro atoms. The van der Waals surface area contributed by atoms with Crippen LogP contribution in [0.4, 0.5) is 5.00 Å². The number of anilines is 1. The van der Waals surface area contributed by atoms with E-state index in [-0.39, 0.29) is 11.3 Å². The molecule has 0 bridgehead atoms. The van der Waals surface area contributed by atoms with Crippen LogP contribution in [-0.4, -0.2) is 21.6 Å². The van der Waals surface area contributed by atoms with Crippen LogP contribution < -0.4 is 5.32 Å². The molecule has 1 unspecified atom stereocenters. The number of carbonyl (C=O) groups excluding carboxylic acids is 1. The molecule has 0 aliphatic heterocycles. The molecule has 0 fully saturated rings. The number of thiophene rings is 1. The van der Waals surface area contributed by atoms with E-state index in [2.05, 4.69) is 42.1 Å². The predicted molar refractivity (Wildman–Crippen MR) is 110 cm³/mol. The maximum absolute atomic E-state index is 12.3. The zero-order valence-corrected chi connectivity index (χ0v) is 17.5. The Balaban J connectivity index is 1.63. The van der Waals surface area contributed by atoms with Crippen molar-refractivity contribution in [1.82, 2.24) is 9.97 Å². The number of hydrogen-bond donors (Lipinski definition) is 1. The molecule has 5 nitrogen and oxygen atoms in total. The Morgan fingerprint density at radius 2 is 2.15 bits per heavy atom. The largest absolute Gasteiger partial charge is 0.317 e. The normalized spacial score (nSPS) is 16.4. The van der Waals surface area contributed by atoms with Crippen molar-refractivity contribution in [2.75, 3.05) is 11.1 Å². The molecule has 0 saturated heterocycles. The van der Waals surface area contributed by atoms with Crippen molar-refractivity contribution in [2.24, 2.45) is 11.3 Å². The molecule has 2 heterocycles. The van der Waals surface area contributed by atoms with Crippen molar-refractivity contribution >= 4 is 34.0 Å². The Morgan fingerprint density at radius 3 is 2.81 bits per heavy atom. The fourth-order valence-corrected chi connectivity index (χ4v) is 5.35. The summed E-state index contributed by atoms with van der Waals surface area (Å²) in [5.74, 6) is 1.15. The highest BCUT2D eigenvalue weighted by Crippen LogP contribution is 2.44. The third kappa shape index (κ3) is 4.88. The number of nitrogens with zero attached hydrogens (tertiary/aromatic N) is 3. The maximum Gasteiger partial charge on any atom is 0.225 e. The minimum atomic E-state index is -0.0686. The zero-order valence-electron chi connectivity index (χ0n) is 15.9. The Hall–Kier alpha value is -1.91. The van der Waals surface area contributed by atoms with E-state index in [1.54, 1.807) is 29.8 Å². The maximum atomic E-state index is 12.3. The minimum absolute atomic E-state index is 0.0686. The van der Waals surface area contributed by atoms with Gasteiger partial charge in [0, 0.05) is 29.4 Å². The van der Waals surface area contributed by atoms with Crippen LogP contribution in [0.1, 0.15) is 49.6 Å². The summed E-state index contributed by atoms with van der Waals surface area (Å²) in [6.45, 7) is 6.83. The Bertz CT molecular complexity index is 849. The number of nitrogens with one attached hydrogen (secondary N) is 1. The molecule has 1 aliphatic rings. The van der Waals surface area contributed by atoms with E-state index in [0.717, 1.165) is 24.8 Å². The first-order chi connectivity index (χ1) is 12.9. The number of aromatic nitrogens is 2. The molecular weight excluding hydrogens is 376 g/mol. The van der Waals surface area contributed by atoms with Gasteiger partial charge >= 0.3 is 0 Å². The van der Waals surface area contributed by atoms with Crippen LogP contribution in [0.2, 0.25) is 0 Å². The lowest BCUT2D eigenvalue weighted by molar-refractivity contribution is -0.115. The van der Waals surface area contributed by atoms with Crippen molar-refractivity contribution in [3.63, 3.8) is 0 Å². The first kappa shape index (κ1) is 19.8. The van der Waals surface area contributed by atoms with Crippen LogP contribution in [-0.2, 0) is 17.6 Å². The van der Waals surface area contributed by atoms with Gasteiger partial charge in [-0.15, -0.1) is 11.3 Å². The molecule has 0 radical (unpaired) electrons. The third-order valence-corrected chi connectivity index (χ3v) is 7.00. The molecular formula is C20H24N4OS2. The van der Waals surface area contributed by atoms with E-state index < -0.39 is 0 Å². The van der Waals surface area contributed by atoms with Gasteiger partial charge in [0.1, 0.15) is 11.1 Å². The van der Waals surface area contributed by atoms with Crippen molar-refractivity contribution < 1.29 is 4.79 Å². The molecule has 1 atom stereocenters. The van der Waals surface area contributed by atoms with Crippen LogP contribution in [0.5, 0.6) is 0 Å². The van der Waals surface area contributed by atoms with Gasteiger partial charge < -0.3 is 5.32 Å². The molecule has 0 saturated carbocycles. The van der Waals surface area contributed by atoms with Gasteiger partial charge in [-0.25, -0.2) is 9.97 Å². The Labute approximate surface area is 168 Å². The van der Waals surface area contributed by atoms with Gasteiger partial charge in [-0.1, -0.05) is 32.5 Å². The van der Waals surface area contributed by atoms with Crippen molar-refractivity contribution in [1.29, 1.82) is 5.26 Å². The summed E-state index contributed by atoms with van der Waals surface area (Å²) in [7, 11) is 0. The van der Waals surface area contributed by atoms with E-state index in [1.807, 2.05) is 0 Å². The average molecular weight is 401 g/mol. The highest BCUT2D eigenvalue weighted by molar-refractivity contribution is 7.99. The smallest absolute Gasteiger partial charge is 0.225 e. The minimum Gasteiger partial charge on any atom is -0.317 e. The number of carbonyl (C=O) groups is 1. The molecule has 142 valence electrons. The Kier molecular flexibility index (Phi) is 6.18. The second-order valence-electron chi connectivity index (χ2n) is 7.80. The summed E-state index contributed by atoms with van der Waals surface area (Å²) in [6.07, 6.45) is 6.76. The molecule has 1 amide bonds. The lowest BCUT2D eigenvalue weighted by atomic mass is 9.72. The summed E-state index contributed by atoms with van der Waals surface area (Å²) in [4.78, 5) is 21.9. The van der Waals surface area contributed by atoms with E-state index in [0.29, 0.717) is 33.8 Å². The summed E-state index contributed by atoms with van der Waals surface area (Å²) in [5.41, 5.74) is 2.06. The second kappa shape index (κ2) is 8.41. The monoisotopic (exact) mass is 400 g/mol. The summed E-state index contributed by atoms with van der Waals surface area (Å²) in [5, 5.41) is 14.0. The molecule has 2 aromatic rings. The van der Waals surface area contributed by atoms with Gasteiger partial charge in [-0.2, -0.15) is 5.26 Å². The van der Waals surface area contributed by atoms with Crippen molar-refractivity contribution in [2.45, 2.75) is 51.6 Å². The molecule has 0 aromatic carbocycles.